The van der Waals surface area contributed by atoms with E-state index in [0.717, 1.165) is 0 Å². The molecule has 0 unspecified atom stereocenters. The van der Waals surface area contributed by atoms with Crippen molar-refractivity contribution >= 4 is 16.9 Å². The van der Waals surface area contributed by atoms with Gasteiger partial charge in [0, 0.05) is 6.61 Å². The number of carboxylic acids is 1. The number of para-hydroxylation sites is 1. The molecule has 0 radical (unpaired) electrons. The van der Waals surface area contributed by atoms with Crippen LogP contribution in [0.3, 0.4) is 0 Å². The van der Waals surface area contributed by atoms with E-state index in [0.29, 0.717) is 36.6 Å². The standard InChI is InChI=1S/C15H18N2O4/c1-10(2)9-20-7-8-21-14-11-5-3-4-6-12(11)16-13(17-14)15(18)19/h3-6,10H,7-9H2,1-2H3,(H,18,19). The first-order valence-corrected chi connectivity index (χ1v) is 6.78. The molecule has 0 aliphatic carbocycles. The van der Waals surface area contributed by atoms with Gasteiger partial charge in [-0.05, 0) is 18.1 Å². The molecular weight excluding hydrogens is 272 g/mol. The number of rotatable bonds is 7. The van der Waals surface area contributed by atoms with Crippen LogP contribution < -0.4 is 4.74 Å². The Hall–Kier alpha value is -2.21. The van der Waals surface area contributed by atoms with Crippen molar-refractivity contribution in [1.29, 1.82) is 0 Å². The zero-order valence-electron chi connectivity index (χ0n) is 12.1. The minimum atomic E-state index is -1.18. The van der Waals surface area contributed by atoms with E-state index in [2.05, 4.69) is 23.8 Å². The molecule has 2 rings (SSSR count). The molecule has 6 heteroatoms. The van der Waals surface area contributed by atoms with E-state index in [9.17, 15) is 4.79 Å². The first-order chi connectivity index (χ1) is 10.1. The Bertz CT molecular complexity index is 628. The van der Waals surface area contributed by atoms with Crippen molar-refractivity contribution in [2.24, 2.45) is 5.92 Å². The van der Waals surface area contributed by atoms with Gasteiger partial charge < -0.3 is 14.6 Å². The highest BCUT2D eigenvalue weighted by molar-refractivity contribution is 5.89. The summed E-state index contributed by atoms with van der Waals surface area (Å²) in [5.41, 5.74) is 0.544. The molecule has 21 heavy (non-hydrogen) atoms. The van der Waals surface area contributed by atoms with Gasteiger partial charge in [-0.25, -0.2) is 9.78 Å². The lowest BCUT2D eigenvalue weighted by atomic mass is 10.2. The Morgan fingerprint density at radius 3 is 2.71 bits per heavy atom. The van der Waals surface area contributed by atoms with Crippen molar-refractivity contribution in [2.45, 2.75) is 13.8 Å². The van der Waals surface area contributed by atoms with Crippen LogP contribution in [0.1, 0.15) is 24.5 Å². The van der Waals surface area contributed by atoms with Crippen molar-refractivity contribution in [3.8, 4) is 5.88 Å². The van der Waals surface area contributed by atoms with Crippen LogP contribution in [0.25, 0.3) is 10.9 Å². The number of carbonyl (C=O) groups is 1. The van der Waals surface area contributed by atoms with Gasteiger partial charge in [-0.3, -0.25) is 0 Å². The fraction of sp³-hybridized carbons (Fsp3) is 0.400. The quantitative estimate of drug-likeness (QED) is 0.788. The Kier molecular flexibility index (Phi) is 5.05. The number of benzene rings is 1. The number of aromatic carboxylic acids is 1. The summed E-state index contributed by atoms with van der Waals surface area (Å²) in [6.07, 6.45) is 0. The minimum absolute atomic E-state index is 0.270. The average Bonchev–Trinajstić information content (AvgIpc) is 2.46. The number of hydrogen-bond donors (Lipinski definition) is 1. The van der Waals surface area contributed by atoms with E-state index >= 15 is 0 Å². The maximum absolute atomic E-state index is 11.0. The predicted octanol–water partition coefficient (Wildman–Crippen LogP) is 2.38. The lowest BCUT2D eigenvalue weighted by molar-refractivity contribution is 0.0679. The normalized spacial score (nSPS) is 11.0. The van der Waals surface area contributed by atoms with Gasteiger partial charge in [-0.1, -0.05) is 26.0 Å². The molecule has 0 bridgehead atoms. The van der Waals surface area contributed by atoms with Crippen LogP contribution in [0.15, 0.2) is 24.3 Å². The average molecular weight is 290 g/mol. The topological polar surface area (TPSA) is 81.5 Å². The van der Waals surface area contributed by atoms with Crippen LogP contribution in [-0.2, 0) is 4.74 Å². The van der Waals surface area contributed by atoms with Crippen molar-refractivity contribution < 1.29 is 19.4 Å². The van der Waals surface area contributed by atoms with E-state index < -0.39 is 5.97 Å². The second-order valence-electron chi connectivity index (χ2n) is 4.99. The molecule has 1 N–H and O–H groups in total. The summed E-state index contributed by atoms with van der Waals surface area (Å²) >= 11 is 0. The largest absolute Gasteiger partial charge is 0.475 e. The molecule has 6 nitrogen and oxygen atoms in total. The summed E-state index contributed by atoms with van der Waals surface area (Å²) in [6, 6.07) is 7.14. The first kappa shape index (κ1) is 15.2. The number of ether oxygens (including phenoxy) is 2. The Balaban J connectivity index is 2.12. The maximum atomic E-state index is 11.0. The Morgan fingerprint density at radius 1 is 1.24 bits per heavy atom. The van der Waals surface area contributed by atoms with Gasteiger partial charge in [0.2, 0.25) is 11.7 Å². The Morgan fingerprint density at radius 2 is 2.00 bits per heavy atom. The van der Waals surface area contributed by atoms with Gasteiger partial charge >= 0.3 is 5.97 Å². The van der Waals surface area contributed by atoms with Gasteiger partial charge in [-0.2, -0.15) is 4.98 Å². The highest BCUT2D eigenvalue weighted by Crippen LogP contribution is 2.22. The molecule has 0 atom stereocenters. The van der Waals surface area contributed by atoms with Gasteiger partial charge in [-0.15, -0.1) is 0 Å². The molecule has 0 aliphatic rings. The fourth-order valence-corrected chi connectivity index (χ4v) is 1.77. The third kappa shape index (κ3) is 4.13. The van der Waals surface area contributed by atoms with Crippen LogP contribution >= 0.6 is 0 Å². The van der Waals surface area contributed by atoms with Gasteiger partial charge in [0.25, 0.3) is 0 Å². The molecule has 112 valence electrons. The van der Waals surface area contributed by atoms with Crippen molar-refractivity contribution in [2.75, 3.05) is 19.8 Å². The maximum Gasteiger partial charge on any atom is 0.374 e. The van der Waals surface area contributed by atoms with E-state index in [-0.39, 0.29) is 11.7 Å². The molecule has 0 saturated heterocycles. The molecule has 0 amide bonds. The van der Waals surface area contributed by atoms with Crippen LogP contribution in [-0.4, -0.2) is 40.9 Å². The van der Waals surface area contributed by atoms with Gasteiger partial charge in [0.15, 0.2) is 0 Å². The molecule has 0 spiro atoms. The smallest absolute Gasteiger partial charge is 0.374 e. The summed E-state index contributed by atoms with van der Waals surface area (Å²) < 4.78 is 11.0. The van der Waals surface area contributed by atoms with Crippen LogP contribution in [0.2, 0.25) is 0 Å². The molecule has 0 fully saturated rings. The molecule has 0 saturated carbocycles. The zero-order valence-corrected chi connectivity index (χ0v) is 12.1. The van der Waals surface area contributed by atoms with Crippen molar-refractivity contribution in [3.05, 3.63) is 30.1 Å². The van der Waals surface area contributed by atoms with Crippen LogP contribution in [0, 0.1) is 5.92 Å². The predicted molar refractivity (Wildman–Crippen MR) is 77.6 cm³/mol. The summed E-state index contributed by atoms with van der Waals surface area (Å²) in [5, 5.41) is 9.72. The zero-order chi connectivity index (χ0) is 15.2. The van der Waals surface area contributed by atoms with Crippen LogP contribution in [0.5, 0.6) is 5.88 Å². The minimum Gasteiger partial charge on any atom is -0.475 e. The molecule has 1 aromatic carbocycles. The number of carboxylic acid groups (broad SMARTS) is 1. The second-order valence-corrected chi connectivity index (χ2v) is 4.99. The first-order valence-electron chi connectivity index (χ1n) is 6.78. The summed E-state index contributed by atoms with van der Waals surface area (Å²) in [4.78, 5) is 19.0. The summed E-state index contributed by atoms with van der Waals surface area (Å²) in [6.45, 7) is 5.54. The van der Waals surface area contributed by atoms with Gasteiger partial charge in [0.05, 0.1) is 17.5 Å². The number of nitrogens with zero attached hydrogens (tertiary/aromatic N) is 2. The molecular formula is C15H18N2O4. The van der Waals surface area contributed by atoms with Crippen molar-refractivity contribution in [3.63, 3.8) is 0 Å². The highest BCUT2D eigenvalue weighted by Gasteiger charge is 2.13. The fourth-order valence-electron chi connectivity index (χ4n) is 1.77. The van der Waals surface area contributed by atoms with Crippen molar-refractivity contribution in [1.82, 2.24) is 9.97 Å². The van der Waals surface area contributed by atoms with E-state index in [1.807, 2.05) is 6.07 Å². The summed E-state index contributed by atoms with van der Waals surface area (Å²) in [7, 11) is 0. The van der Waals surface area contributed by atoms with Crippen LogP contribution in [0.4, 0.5) is 0 Å². The van der Waals surface area contributed by atoms with E-state index in [4.69, 9.17) is 14.6 Å². The second kappa shape index (κ2) is 6.99. The molecule has 2 aromatic rings. The molecule has 1 aromatic heterocycles. The SMILES string of the molecule is CC(C)COCCOc1nc(C(=O)O)nc2ccccc12. The lowest BCUT2D eigenvalue weighted by Gasteiger charge is -2.10. The molecule has 1 heterocycles. The number of aromatic nitrogens is 2. The van der Waals surface area contributed by atoms with E-state index in [1.54, 1.807) is 18.2 Å². The highest BCUT2D eigenvalue weighted by atomic mass is 16.5. The number of fused-ring (bicyclic) bond motifs is 1. The molecule has 0 aliphatic heterocycles. The lowest BCUT2D eigenvalue weighted by Crippen LogP contribution is -2.12. The monoisotopic (exact) mass is 290 g/mol. The third-order valence-corrected chi connectivity index (χ3v) is 2.68. The van der Waals surface area contributed by atoms with Gasteiger partial charge in [0.1, 0.15) is 6.61 Å². The third-order valence-electron chi connectivity index (χ3n) is 2.68. The van der Waals surface area contributed by atoms with E-state index in [1.165, 1.54) is 0 Å². The Labute approximate surface area is 122 Å². The summed E-state index contributed by atoms with van der Waals surface area (Å²) in [5.74, 6) is -0.719. The number of hydrogen-bond acceptors (Lipinski definition) is 5.